The van der Waals surface area contributed by atoms with E-state index in [-0.39, 0.29) is 12.0 Å². The van der Waals surface area contributed by atoms with Crippen molar-refractivity contribution in [1.82, 2.24) is 9.80 Å². The molecule has 1 aromatic rings. The quantitative estimate of drug-likeness (QED) is 0.723. The molecule has 0 spiro atoms. The number of carbonyl (C=O) groups is 2. The van der Waals surface area contributed by atoms with E-state index in [2.05, 4.69) is 39.5 Å². The van der Waals surface area contributed by atoms with Gasteiger partial charge < -0.3 is 14.7 Å². The topological polar surface area (TPSA) is 70.1 Å². The van der Waals surface area contributed by atoms with Gasteiger partial charge in [-0.05, 0) is 24.3 Å². The van der Waals surface area contributed by atoms with Crippen LogP contribution in [0.25, 0.3) is 0 Å². The molecule has 30 heavy (non-hydrogen) atoms. The minimum absolute atomic E-state index is 0.180. The van der Waals surface area contributed by atoms with Gasteiger partial charge in [-0.25, -0.2) is 4.79 Å². The fourth-order valence-corrected chi connectivity index (χ4v) is 4.73. The lowest BCUT2D eigenvalue weighted by atomic mass is 10.1. The van der Waals surface area contributed by atoms with Gasteiger partial charge in [0.15, 0.2) is 0 Å². The Bertz CT molecular complexity index is 746. The van der Waals surface area contributed by atoms with Gasteiger partial charge in [0, 0.05) is 49.4 Å². The third-order valence-electron chi connectivity index (χ3n) is 5.48. The van der Waals surface area contributed by atoms with E-state index in [0.717, 1.165) is 52.2 Å². The van der Waals surface area contributed by atoms with Gasteiger partial charge in [0.1, 0.15) is 0 Å². The molecule has 1 aromatic heterocycles. The first-order chi connectivity index (χ1) is 14.2. The number of aliphatic carboxylic acids is 1. The van der Waals surface area contributed by atoms with Gasteiger partial charge in [0.25, 0.3) is 0 Å². The molecular formula is C20H25F3N2O4S. The van der Waals surface area contributed by atoms with Gasteiger partial charge in [0.05, 0.1) is 12.7 Å². The van der Waals surface area contributed by atoms with E-state index >= 15 is 0 Å². The van der Waals surface area contributed by atoms with E-state index in [4.69, 9.17) is 14.6 Å². The van der Waals surface area contributed by atoms with Gasteiger partial charge in [-0.3, -0.25) is 9.69 Å². The van der Waals surface area contributed by atoms with Crippen LogP contribution >= 0.6 is 11.3 Å². The van der Waals surface area contributed by atoms with Crippen LogP contribution in [0.4, 0.5) is 13.2 Å². The number of halogens is 3. The van der Waals surface area contributed by atoms with Crippen LogP contribution in [0.3, 0.4) is 0 Å². The second-order valence-corrected chi connectivity index (χ2v) is 8.70. The summed E-state index contributed by atoms with van der Waals surface area (Å²) in [5.41, 5.74) is 0. The number of amides is 1. The SMILES string of the molecule is O=C(C1CC=CC1)N1C[C@@H]2CN(Cc3cccs3)CCO[C@@H]2C1.O=C(O)C(F)(F)F. The van der Waals surface area contributed by atoms with Gasteiger partial charge in [-0.2, -0.15) is 13.2 Å². The Morgan fingerprint density at radius 1 is 1.20 bits per heavy atom. The zero-order valence-corrected chi connectivity index (χ0v) is 17.2. The van der Waals surface area contributed by atoms with E-state index in [1.54, 1.807) is 0 Å². The molecule has 0 saturated carbocycles. The maximum Gasteiger partial charge on any atom is 0.490 e. The van der Waals surface area contributed by atoms with Gasteiger partial charge in [-0.1, -0.05) is 18.2 Å². The van der Waals surface area contributed by atoms with Crippen molar-refractivity contribution < 1.29 is 32.6 Å². The molecule has 1 aliphatic carbocycles. The van der Waals surface area contributed by atoms with Crippen molar-refractivity contribution in [2.75, 3.05) is 32.8 Å². The number of thiophene rings is 1. The zero-order valence-electron chi connectivity index (χ0n) is 16.4. The van der Waals surface area contributed by atoms with Crippen molar-refractivity contribution in [2.45, 2.75) is 31.7 Å². The molecule has 3 heterocycles. The maximum atomic E-state index is 12.6. The molecule has 10 heteroatoms. The van der Waals surface area contributed by atoms with Crippen LogP contribution in [0.5, 0.6) is 0 Å². The summed E-state index contributed by atoms with van der Waals surface area (Å²) in [6, 6.07) is 4.31. The highest BCUT2D eigenvalue weighted by atomic mass is 32.1. The molecule has 1 N–H and O–H groups in total. The maximum absolute atomic E-state index is 12.6. The summed E-state index contributed by atoms with van der Waals surface area (Å²) < 4.78 is 37.8. The number of carboxylic acids is 1. The normalized spacial score (nSPS) is 24.8. The molecule has 166 valence electrons. The number of ether oxygens (including phenoxy) is 1. The molecule has 3 aliphatic rings. The summed E-state index contributed by atoms with van der Waals surface area (Å²) >= 11 is 1.82. The minimum atomic E-state index is -5.08. The Morgan fingerprint density at radius 3 is 2.50 bits per heavy atom. The van der Waals surface area contributed by atoms with E-state index < -0.39 is 12.1 Å². The summed E-state index contributed by atoms with van der Waals surface area (Å²) in [4.78, 5) is 27.5. The highest BCUT2D eigenvalue weighted by molar-refractivity contribution is 7.09. The van der Waals surface area contributed by atoms with Crippen molar-refractivity contribution in [1.29, 1.82) is 0 Å². The Kier molecular flexibility index (Phi) is 7.54. The van der Waals surface area contributed by atoms with E-state index in [0.29, 0.717) is 11.8 Å². The molecule has 2 fully saturated rings. The van der Waals surface area contributed by atoms with Gasteiger partial charge in [-0.15, -0.1) is 11.3 Å². The van der Waals surface area contributed by atoms with E-state index in [9.17, 15) is 18.0 Å². The molecule has 2 aliphatic heterocycles. The predicted octanol–water partition coefficient (Wildman–Crippen LogP) is 3.01. The second kappa shape index (κ2) is 9.93. The van der Waals surface area contributed by atoms with Gasteiger partial charge in [0.2, 0.25) is 5.91 Å². The molecule has 2 saturated heterocycles. The lowest BCUT2D eigenvalue weighted by Crippen LogP contribution is -2.36. The largest absolute Gasteiger partial charge is 0.490 e. The number of fused-ring (bicyclic) bond motifs is 1. The Labute approximate surface area is 176 Å². The number of allylic oxidation sites excluding steroid dienone is 2. The first-order valence-corrected chi connectivity index (χ1v) is 10.7. The molecule has 4 rings (SSSR count). The number of carboxylic acid groups (broad SMARTS) is 1. The van der Waals surface area contributed by atoms with Crippen LogP contribution in [0.1, 0.15) is 17.7 Å². The van der Waals surface area contributed by atoms with Crippen LogP contribution in [-0.4, -0.2) is 71.8 Å². The summed E-state index contributed by atoms with van der Waals surface area (Å²) in [7, 11) is 0. The lowest BCUT2D eigenvalue weighted by molar-refractivity contribution is -0.192. The highest BCUT2D eigenvalue weighted by Crippen LogP contribution is 2.28. The Balaban J connectivity index is 0.000000318. The van der Waals surface area contributed by atoms with Crippen molar-refractivity contribution in [3.05, 3.63) is 34.5 Å². The van der Waals surface area contributed by atoms with Crippen LogP contribution < -0.4 is 0 Å². The minimum Gasteiger partial charge on any atom is -0.475 e. The van der Waals surface area contributed by atoms with Crippen LogP contribution in [-0.2, 0) is 20.9 Å². The number of hydrogen-bond donors (Lipinski definition) is 1. The van der Waals surface area contributed by atoms with Crippen LogP contribution in [0.15, 0.2) is 29.7 Å². The lowest BCUT2D eigenvalue weighted by Gasteiger charge is -2.24. The average Bonchev–Trinajstić information content (AvgIpc) is 3.42. The smallest absolute Gasteiger partial charge is 0.475 e. The third-order valence-corrected chi connectivity index (χ3v) is 6.35. The Morgan fingerprint density at radius 2 is 1.90 bits per heavy atom. The van der Waals surface area contributed by atoms with E-state index in [1.165, 1.54) is 4.88 Å². The zero-order chi connectivity index (χ0) is 21.7. The number of alkyl halides is 3. The summed E-state index contributed by atoms with van der Waals surface area (Å²) in [6.45, 7) is 5.46. The number of hydrogen-bond acceptors (Lipinski definition) is 5. The summed E-state index contributed by atoms with van der Waals surface area (Å²) in [5.74, 6) is -1.79. The molecule has 6 nitrogen and oxygen atoms in total. The van der Waals surface area contributed by atoms with Crippen molar-refractivity contribution in [3.8, 4) is 0 Å². The molecule has 1 amide bonds. The van der Waals surface area contributed by atoms with Gasteiger partial charge >= 0.3 is 12.1 Å². The number of nitrogens with zero attached hydrogens (tertiary/aromatic N) is 2. The molecule has 2 atom stereocenters. The monoisotopic (exact) mass is 446 g/mol. The van der Waals surface area contributed by atoms with Crippen LogP contribution in [0.2, 0.25) is 0 Å². The standard InChI is InChI=1S/C18H24N2O2S.C2HF3O2/c21-18(14-4-1-2-5-14)20-11-15-10-19(7-8-22-17(15)13-20)12-16-6-3-9-23-16;3-2(4,5)1(6)7/h1-3,6,9,14-15,17H,4-5,7-8,10-13H2;(H,6,7)/t15-,17+;/m0./s1. The molecule has 0 unspecified atom stereocenters. The molecule has 0 radical (unpaired) electrons. The number of likely N-dealkylation sites (tertiary alicyclic amines) is 1. The third kappa shape index (κ3) is 6.05. The second-order valence-electron chi connectivity index (χ2n) is 7.67. The van der Waals surface area contributed by atoms with Crippen molar-refractivity contribution in [3.63, 3.8) is 0 Å². The predicted molar refractivity (Wildman–Crippen MR) is 105 cm³/mol. The summed E-state index contributed by atoms with van der Waals surface area (Å²) in [5, 5.41) is 9.26. The highest BCUT2D eigenvalue weighted by Gasteiger charge is 2.40. The number of rotatable bonds is 3. The molecule has 0 bridgehead atoms. The molecular weight excluding hydrogens is 421 g/mol. The first-order valence-electron chi connectivity index (χ1n) is 9.84. The first kappa shape index (κ1) is 22.8. The molecule has 0 aromatic carbocycles. The number of carbonyl (C=O) groups excluding carboxylic acids is 1. The fourth-order valence-electron chi connectivity index (χ4n) is 3.99. The fraction of sp³-hybridized carbons (Fsp3) is 0.600. The summed E-state index contributed by atoms with van der Waals surface area (Å²) in [6.07, 6.45) is 1.24. The average molecular weight is 446 g/mol. The van der Waals surface area contributed by atoms with E-state index in [1.807, 2.05) is 11.3 Å². The van der Waals surface area contributed by atoms with Crippen LogP contribution in [0, 0.1) is 11.8 Å². The van der Waals surface area contributed by atoms with Crippen molar-refractivity contribution in [2.24, 2.45) is 11.8 Å². The Hall–Kier alpha value is -1.91. The van der Waals surface area contributed by atoms with Crippen molar-refractivity contribution >= 4 is 23.2 Å².